The highest BCUT2D eigenvalue weighted by molar-refractivity contribution is 5.67. The lowest BCUT2D eigenvalue weighted by Crippen LogP contribution is -2.23. The zero-order chi connectivity index (χ0) is 17.2. The van der Waals surface area contributed by atoms with Crippen LogP contribution in [-0.2, 0) is 4.74 Å². The van der Waals surface area contributed by atoms with Crippen molar-refractivity contribution in [2.24, 2.45) is 0 Å². The summed E-state index contributed by atoms with van der Waals surface area (Å²) in [4.78, 5) is 6.18. The molecule has 7 nitrogen and oxygen atoms in total. The molecule has 128 valence electrons. The smallest absolute Gasteiger partial charge is 0.155 e. The number of aliphatic hydroxyl groups is 1. The minimum atomic E-state index is -0.333. The Balaban J connectivity index is 1.57. The van der Waals surface area contributed by atoms with Crippen molar-refractivity contribution in [3.8, 4) is 16.9 Å². The summed E-state index contributed by atoms with van der Waals surface area (Å²) in [7, 11) is 0. The molecule has 1 aliphatic rings. The fourth-order valence-electron chi connectivity index (χ4n) is 2.78. The van der Waals surface area contributed by atoms with E-state index in [9.17, 15) is 4.39 Å². The van der Waals surface area contributed by atoms with Crippen molar-refractivity contribution in [2.45, 2.75) is 6.10 Å². The number of aromatic nitrogens is 4. The van der Waals surface area contributed by atoms with Crippen LogP contribution in [0.25, 0.3) is 16.9 Å². The molecule has 1 aliphatic heterocycles. The van der Waals surface area contributed by atoms with E-state index < -0.39 is 0 Å². The summed E-state index contributed by atoms with van der Waals surface area (Å²) in [6.45, 7) is 0.850. The zero-order valence-corrected chi connectivity index (χ0v) is 13.3. The molecule has 1 N–H and O–H groups in total. The van der Waals surface area contributed by atoms with Crippen LogP contribution >= 0.6 is 0 Å². The molecule has 1 saturated heterocycles. The van der Waals surface area contributed by atoms with Gasteiger partial charge in [-0.15, -0.1) is 5.10 Å². The summed E-state index contributed by atoms with van der Waals surface area (Å²) in [6.07, 6.45) is 4.64. The number of rotatable bonds is 4. The van der Waals surface area contributed by atoms with Crippen LogP contribution in [0.3, 0.4) is 0 Å². The summed E-state index contributed by atoms with van der Waals surface area (Å²) in [6, 6.07) is 8.60. The Morgan fingerprint density at radius 1 is 1.28 bits per heavy atom. The average molecular weight is 341 g/mol. The first-order valence-corrected chi connectivity index (χ1v) is 7.84. The van der Waals surface area contributed by atoms with Gasteiger partial charge in [0.15, 0.2) is 5.82 Å². The molecule has 0 bridgehead atoms. The van der Waals surface area contributed by atoms with Gasteiger partial charge in [-0.1, -0.05) is 5.21 Å². The Labute approximate surface area is 143 Å². The van der Waals surface area contributed by atoms with E-state index in [1.54, 1.807) is 36.8 Å². The van der Waals surface area contributed by atoms with Gasteiger partial charge in [0.2, 0.25) is 0 Å². The molecule has 0 unspecified atom stereocenters. The highest BCUT2D eigenvalue weighted by Crippen LogP contribution is 2.28. The SMILES string of the molecule is OC[C@H]1CN(c2ccc(-c3ccc(-n4ccnn4)nc3)c(F)c2)CO1. The van der Waals surface area contributed by atoms with Crippen molar-refractivity contribution in [2.75, 3.05) is 24.8 Å². The quantitative estimate of drug-likeness (QED) is 0.777. The van der Waals surface area contributed by atoms with E-state index in [2.05, 4.69) is 15.3 Å². The number of hydrogen-bond acceptors (Lipinski definition) is 6. The van der Waals surface area contributed by atoms with Crippen LogP contribution in [0, 0.1) is 5.82 Å². The fourth-order valence-corrected chi connectivity index (χ4v) is 2.78. The second-order valence-corrected chi connectivity index (χ2v) is 5.74. The second kappa shape index (κ2) is 6.58. The first-order valence-electron chi connectivity index (χ1n) is 7.84. The molecule has 0 radical (unpaired) electrons. The topological polar surface area (TPSA) is 76.3 Å². The summed E-state index contributed by atoms with van der Waals surface area (Å²) >= 11 is 0. The molecule has 0 amide bonds. The minimum absolute atomic E-state index is 0.0408. The number of anilines is 1. The second-order valence-electron chi connectivity index (χ2n) is 5.74. The number of hydrogen-bond donors (Lipinski definition) is 1. The third-order valence-corrected chi connectivity index (χ3v) is 4.13. The molecule has 0 aliphatic carbocycles. The molecule has 4 rings (SSSR count). The summed E-state index contributed by atoms with van der Waals surface area (Å²) < 4.78 is 21.5. The monoisotopic (exact) mass is 341 g/mol. The standard InChI is InChI=1S/C17H16FN5O2/c18-16-7-13(22-9-14(10-24)25-11-22)2-3-15(16)12-1-4-17(19-8-12)23-6-5-20-21-23/h1-8,14,24H,9-11H2/t14-/m1/s1. The first kappa shape index (κ1) is 15.7. The number of halogens is 1. The van der Waals surface area contributed by atoms with Gasteiger partial charge in [0.05, 0.1) is 19.0 Å². The van der Waals surface area contributed by atoms with Gasteiger partial charge < -0.3 is 14.7 Å². The van der Waals surface area contributed by atoms with E-state index in [0.29, 0.717) is 30.2 Å². The maximum Gasteiger partial charge on any atom is 0.155 e. The minimum Gasteiger partial charge on any atom is -0.394 e. The number of pyridine rings is 1. The van der Waals surface area contributed by atoms with E-state index in [0.717, 1.165) is 5.69 Å². The van der Waals surface area contributed by atoms with Crippen LogP contribution in [-0.4, -0.2) is 51.1 Å². The maximum absolute atomic E-state index is 14.6. The van der Waals surface area contributed by atoms with Crippen molar-refractivity contribution in [3.05, 3.63) is 54.7 Å². The number of aliphatic hydroxyl groups excluding tert-OH is 1. The third kappa shape index (κ3) is 3.09. The fraction of sp³-hybridized carbons (Fsp3) is 0.235. The average Bonchev–Trinajstić information content (AvgIpc) is 3.34. The van der Waals surface area contributed by atoms with Crippen LogP contribution < -0.4 is 4.90 Å². The van der Waals surface area contributed by atoms with E-state index in [1.165, 1.54) is 10.7 Å². The van der Waals surface area contributed by atoms with Gasteiger partial charge in [-0.2, -0.15) is 0 Å². The van der Waals surface area contributed by atoms with Gasteiger partial charge in [-0.05, 0) is 30.3 Å². The van der Waals surface area contributed by atoms with E-state index in [1.807, 2.05) is 11.0 Å². The number of ether oxygens (including phenoxy) is 1. The number of benzene rings is 1. The largest absolute Gasteiger partial charge is 0.394 e. The van der Waals surface area contributed by atoms with Gasteiger partial charge in [0.25, 0.3) is 0 Å². The van der Waals surface area contributed by atoms with Crippen molar-refractivity contribution in [1.29, 1.82) is 0 Å². The van der Waals surface area contributed by atoms with Crippen molar-refractivity contribution >= 4 is 5.69 Å². The Morgan fingerprint density at radius 3 is 2.84 bits per heavy atom. The normalized spacial score (nSPS) is 17.2. The van der Waals surface area contributed by atoms with Crippen molar-refractivity contribution in [3.63, 3.8) is 0 Å². The molecule has 1 atom stereocenters. The molecule has 0 saturated carbocycles. The molecule has 3 heterocycles. The predicted octanol–water partition coefficient (Wildman–Crippen LogP) is 1.62. The molecule has 25 heavy (non-hydrogen) atoms. The van der Waals surface area contributed by atoms with Crippen LogP contribution in [0.1, 0.15) is 0 Å². The maximum atomic E-state index is 14.6. The van der Waals surface area contributed by atoms with Crippen LogP contribution in [0.15, 0.2) is 48.9 Å². The molecular formula is C17H16FN5O2. The van der Waals surface area contributed by atoms with E-state index in [-0.39, 0.29) is 18.5 Å². The van der Waals surface area contributed by atoms with E-state index in [4.69, 9.17) is 9.84 Å². The van der Waals surface area contributed by atoms with Gasteiger partial charge in [0, 0.05) is 29.6 Å². The van der Waals surface area contributed by atoms with Crippen molar-refractivity contribution < 1.29 is 14.2 Å². The first-order chi connectivity index (χ1) is 12.2. The Kier molecular flexibility index (Phi) is 4.12. The lowest BCUT2D eigenvalue weighted by Gasteiger charge is -2.17. The van der Waals surface area contributed by atoms with Gasteiger partial charge in [-0.3, -0.25) is 0 Å². The Morgan fingerprint density at radius 2 is 2.20 bits per heavy atom. The van der Waals surface area contributed by atoms with Crippen LogP contribution in [0.5, 0.6) is 0 Å². The third-order valence-electron chi connectivity index (χ3n) is 4.13. The van der Waals surface area contributed by atoms with E-state index >= 15 is 0 Å². The van der Waals surface area contributed by atoms with Crippen molar-refractivity contribution in [1.82, 2.24) is 20.0 Å². The lowest BCUT2D eigenvalue weighted by atomic mass is 10.1. The predicted molar refractivity (Wildman–Crippen MR) is 88.7 cm³/mol. The van der Waals surface area contributed by atoms with Crippen LogP contribution in [0.2, 0.25) is 0 Å². The van der Waals surface area contributed by atoms with Gasteiger partial charge in [-0.25, -0.2) is 14.1 Å². The molecule has 1 fully saturated rings. The summed E-state index contributed by atoms with van der Waals surface area (Å²) in [5.74, 6) is 0.280. The molecule has 2 aromatic heterocycles. The Bertz CT molecular complexity index is 854. The van der Waals surface area contributed by atoms with Gasteiger partial charge >= 0.3 is 0 Å². The molecule has 0 spiro atoms. The lowest BCUT2D eigenvalue weighted by molar-refractivity contribution is 0.0645. The molecule has 1 aromatic carbocycles. The van der Waals surface area contributed by atoms with Crippen LogP contribution in [0.4, 0.5) is 10.1 Å². The molecule has 8 heteroatoms. The molecule has 3 aromatic rings. The number of nitrogens with zero attached hydrogens (tertiary/aromatic N) is 5. The highest BCUT2D eigenvalue weighted by Gasteiger charge is 2.23. The highest BCUT2D eigenvalue weighted by atomic mass is 19.1. The summed E-state index contributed by atoms with van der Waals surface area (Å²) in [5, 5.41) is 16.7. The zero-order valence-electron chi connectivity index (χ0n) is 13.3. The Hall–Kier alpha value is -2.84. The van der Waals surface area contributed by atoms with Gasteiger partial charge in [0.1, 0.15) is 18.7 Å². The summed E-state index contributed by atoms with van der Waals surface area (Å²) in [5.41, 5.74) is 1.88. The molecular weight excluding hydrogens is 325 g/mol.